The van der Waals surface area contributed by atoms with Crippen molar-refractivity contribution in [3.8, 4) is 0 Å². The van der Waals surface area contributed by atoms with Crippen molar-refractivity contribution in [3.05, 3.63) is 40.1 Å². The van der Waals surface area contributed by atoms with Gasteiger partial charge in [-0.25, -0.2) is 4.98 Å². The maximum Gasteiger partial charge on any atom is 0.295 e. The highest BCUT2D eigenvalue weighted by Gasteiger charge is 2.17. The van der Waals surface area contributed by atoms with Crippen LogP contribution < -0.4 is 10.6 Å². The smallest absolute Gasteiger partial charge is 0.295 e. The van der Waals surface area contributed by atoms with Crippen LogP contribution in [-0.2, 0) is 4.79 Å². The number of nitrogens with zero attached hydrogens (tertiary/aromatic N) is 2. The number of benzene rings is 1. The van der Waals surface area contributed by atoms with Crippen molar-refractivity contribution in [3.63, 3.8) is 0 Å². The number of anilines is 1. The minimum Gasteiger partial charge on any atom is -0.384 e. The molecule has 7 nitrogen and oxygen atoms in total. The number of pyridine rings is 1. The Hall–Kier alpha value is -2.70. The molecule has 0 saturated heterocycles. The van der Waals surface area contributed by atoms with Gasteiger partial charge in [-0.1, -0.05) is 31.4 Å². The second kappa shape index (κ2) is 8.12. The van der Waals surface area contributed by atoms with Crippen molar-refractivity contribution in [2.75, 3.05) is 11.9 Å². The van der Waals surface area contributed by atoms with Gasteiger partial charge in [-0.15, -0.1) is 0 Å². The van der Waals surface area contributed by atoms with Crippen molar-refractivity contribution in [2.24, 2.45) is 0 Å². The van der Waals surface area contributed by atoms with Crippen molar-refractivity contribution in [2.45, 2.75) is 51.5 Å². The molecular weight excluding hydrogens is 332 g/mol. The zero-order valence-electron chi connectivity index (χ0n) is 15.0. The molecule has 2 N–H and O–H groups in total. The Labute approximate surface area is 152 Å². The quantitative estimate of drug-likeness (QED) is 0.607. The molecule has 0 aliphatic heterocycles. The molecule has 1 amide bonds. The van der Waals surface area contributed by atoms with Gasteiger partial charge in [-0.2, -0.15) is 0 Å². The van der Waals surface area contributed by atoms with Crippen molar-refractivity contribution >= 4 is 28.2 Å². The molecule has 2 aromatic rings. The highest BCUT2D eigenvalue weighted by molar-refractivity contribution is 5.96. The van der Waals surface area contributed by atoms with Gasteiger partial charge in [-0.05, 0) is 25.8 Å². The van der Waals surface area contributed by atoms with Crippen LogP contribution in [0.15, 0.2) is 24.3 Å². The van der Waals surface area contributed by atoms with Crippen LogP contribution in [0.25, 0.3) is 10.9 Å². The van der Waals surface area contributed by atoms with Crippen LogP contribution in [0.3, 0.4) is 0 Å². The first-order valence-electron chi connectivity index (χ1n) is 9.12. The van der Waals surface area contributed by atoms with Crippen LogP contribution >= 0.6 is 0 Å². The number of amides is 1. The predicted octanol–water partition coefficient (Wildman–Crippen LogP) is 3.70. The topological polar surface area (TPSA) is 97.2 Å². The molecule has 1 aromatic carbocycles. The van der Waals surface area contributed by atoms with Gasteiger partial charge < -0.3 is 10.6 Å². The zero-order valence-corrected chi connectivity index (χ0v) is 15.0. The van der Waals surface area contributed by atoms with E-state index in [4.69, 9.17) is 0 Å². The molecular formula is C19H24N4O3. The summed E-state index contributed by atoms with van der Waals surface area (Å²) in [4.78, 5) is 27.2. The third-order valence-corrected chi connectivity index (χ3v) is 4.78. The molecule has 1 fully saturated rings. The highest BCUT2D eigenvalue weighted by Crippen LogP contribution is 2.29. The van der Waals surface area contributed by atoms with E-state index in [1.165, 1.54) is 25.3 Å². The van der Waals surface area contributed by atoms with Crippen LogP contribution in [0, 0.1) is 17.0 Å². The maximum atomic E-state index is 12.1. The largest absolute Gasteiger partial charge is 0.384 e. The molecule has 138 valence electrons. The Kier molecular flexibility index (Phi) is 5.65. The lowest BCUT2D eigenvalue weighted by Gasteiger charge is -2.22. The van der Waals surface area contributed by atoms with Crippen molar-refractivity contribution < 1.29 is 9.72 Å². The minimum atomic E-state index is -0.420. The van der Waals surface area contributed by atoms with Gasteiger partial charge in [-0.3, -0.25) is 14.9 Å². The van der Waals surface area contributed by atoms with Crippen LogP contribution in [0.2, 0.25) is 0 Å². The molecule has 0 bridgehead atoms. The minimum absolute atomic E-state index is 0.00992. The summed E-state index contributed by atoms with van der Waals surface area (Å²) >= 11 is 0. The molecule has 1 saturated carbocycles. The number of aryl methyl sites for hydroxylation is 1. The molecule has 0 atom stereocenters. The second-order valence-electron chi connectivity index (χ2n) is 6.82. The van der Waals surface area contributed by atoms with E-state index in [-0.39, 0.29) is 11.6 Å². The molecule has 1 aliphatic rings. The van der Waals surface area contributed by atoms with Crippen molar-refractivity contribution in [1.29, 1.82) is 0 Å². The molecule has 3 rings (SSSR count). The fourth-order valence-corrected chi connectivity index (χ4v) is 3.51. The lowest BCUT2D eigenvalue weighted by Crippen LogP contribution is -2.36. The summed E-state index contributed by atoms with van der Waals surface area (Å²) in [7, 11) is 0. The SMILES string of the molecule is Cc1cc(NCCC(=O)NC2CCCCC2)c2cccc([N+](=O)[O-])c2n1. The number of carbonyl (C=O) groups excluding carboxylic acids is 1. The monoisotopic (exact) mass is 356 g/mol. The number of fused-ring (bicyclic) bond motifs is 1. The van der Waals surface area contributed by atoms with Gasteiger partial charge in [0.25, 0.3) is 5.69 Å². The van der Waals surface area contributed by atoms with Crippen LogP contribution in [0.1, 0.15) is 44.2 Å². The van der Waals surface area contributed by atoms with Gasteiger partial charge in [0, 0.05) is 41.8 Å². The van der Waals surface area contributed by atoms with Crippen LogP contribution in [-0.4, -0.2) is 28.4 Å². The summed E-state index contributed by atoms with van der Waals surface area (Å²) in [6.07, 6.45) is 6.13. The Morgan fingerprint density at radius 3 is 2.81 bits per heavy atom. The highest BCUT2D eigenvalue weighted by atomic mass is 16.6. The normalized spacial score (nSPS) is 15.0. The van der Waals surface area contributed by atoms with E-state index >= 15 is 0 Å². The number of nitro benzene ring substituents is 1. The summed E-state index contributed by atoms with van der Waals surface area (Å²) < 4.78 is 0. The number of carbonyl (C=O) groups is 1. The summed E-state index contributed by atoms with van der Waals surface area (Å²) in [5.41, 5.74) is 1.82. The zero-order chi connectivity index (χ0) is 18.5. The summed E-state index contributed by atoms with van der Waals surface area (Å²) in [6, 6.07) is 7.07. The first kappa shape index (κ1) is 18.1. The van der Waals surface area contributed by atoms with E-state index in [9.17, 15) is 14.9 Å². The number of hydrogen-bond acceptors (Lipinski definition) is 5. The van der Waals surface area contributed by atoms with Gasteiger partial charge in [0.2, 0.25) is 5.91 Å². The van der Waals surface area contributed by atoms with Crippen molar-refractivity contribution in [1.82, 2.24) is 10.3 Å². The van der Waals surface area contributed by atoms with Gasteiger partial charge >= 0.3 is 0 Å². The molecule has 0 radical (unpaired) electrons. The van der Waals surface area contributed by atoms with E-state index in [2.05, 4.69) is 15.6 Å². The summed E-state index contributed by atoms with van der Waals surface area (Å²) in [5.74, 6) is 0.0467. The van der Waals surface area contributed by atoms with Gasteiger partial charge in [0.05, 0.1) is 4.92 Å². The lowest BCUT2D eigenvalue weighted by molar-refractivity contribution is -0.383. The van der Waals surface area contributed by atoms with E-state index in [0.717, 1.165) is 18.5 Å². The fourth-order valence-electron chi connectivity index (χ4n) is 3.51. The first-order chi connectivity index (χ1) is 12.5. The molecule has 26 heavy (non-hydrogen) atoms. The average molecular weight is 356 g/mol. The second-order valence-corrected chi connectivity index (χ2v) is 6.82. The molecule has 1 aromatic heterocycles. The number of nitrogens with one attached hydrogen (secondary N) is 2. The van der Waals surface area contributed by atoms with E-state index in [0.29, 0.717) is 35.6 Å². The Balaban J connectivity index is 1.66. The number of hydrogen-bond donors (Lipinski definition) is 2. The number of nitro groups is 1. The molecule has 1 heterocycles. The number of aromatic nitrogens is 1. The predicted molar refractivity (Wildman–Crippen MR) is 101 cm³/mol. The third-order valence-electron chi connectivity index (χ3n) is 4.78. The number of rotatable bonds is 6. The van der Waals surface area contributed by atoms with Crippen LogP contribution in [0.4, 0.5) is 11.4 Å². The number of para-hydroxylation sites is 1. The van der Waals surface area contributed by atoms with Crippen LogP contribution in [0.5, 0.6) is 0 Å². The van der Waals surface area contributed by atoms with Gasteiger partial charge in [0.15, 0.2) is 5.52 Å². The lowest BCUT2D eigenvalue weighted by atomic mass is 9.95. The standard InChI is InChI=1S/C19H24N4O3/c1-13-12-16(15-8-5-9-17(23(25)26)19(15)21-13)20-11-10-18(24)22-14-6-3-2-4-7-14/h5,8-9,12,14H,2-4,6-7,10-11H2,1H3,(H,20,21)(H,22,24). The maximum absolute atomic E-state index is 12.1. The number of non-ortho nitro benzene ring substituents is 1. The van der Waals surface area contributed by atoms with Gasteiger partial charge in [0.1, 0.15) is 0 Å². The fraction of sp³-hybridized carbons (Fsp3) is 0.474. The van der Waals surface area contributed by atoms with E-state index in [1.54, 1.807) is 19.1 Å². The van der Waals surface area contributed by atoms with E-state index < -0.39 is 4.92 Å². The Morgan fingerprint density at radius 2 is 2.08 bits per heavy atom. The molecule has 7 heteroatoms. The molecule has 1 aliphatic carbocycles. The molecule has 0 unspecified atom stereocenters. The third kappa shape index (κ3) is 4.28. The molecule has 0 spiro atoms. The average Bonchev–Trinajstić information content (AvgIpc) is 2.61. The summed E-state index contributed by atoms with van der Waals surface area (Å²) in [5, 5.41) is 18.3. The summed E-state index contributed by atoms with van der Waals surface area (Å²) in [6.45, 7) is 2.27. The Morgan fingerprint density at radius 1 is 1.31 bits per heavy atom. The first-order valence-corrected chi connectivity index (χ1v) is 9.12. The van der Waals surface area contributed by atoms with E-state index in [1.807, 2.05) is 6.07 Å². The Bertz CT molecular complexity index is 816.